The fraction of sp³-hybridized carbons (Fsp3) is 0.194. The molecule has 4 aromatic carbocycles. The maximum absolute atomic E-state index is 4.95. The number of rotatable bonds is 9. The first-order valence-electron chi connectivity index (χ1n) is 25.2. The van der Waals surface area contributed by atoms with E-state index in [9.17, 15) is 0 Å². The molecule has 0 spiro atoms. The largest absolute Gasteiger partial charge is 0.281 e. The van der Waals surface area contributed by atoms with Gasteiger partial charge >= 0.3 is 0 Å². The molecule has 0 radical (unpaired) electrons. The van der Waals surface area contributed by atoms with Gasteiger partial charge in [-0.3, -0.25) is 29.9 Å². The second-order valence-corrected chi connectivity index (χ2v) is 22.1. The van der Waals surface area contributed by atoms with Crippen LogP contribution in [0.1, 0.15) is 79.0 Å². The van der Waals surface area contributed by atoms with Gasteiger partial charge in [0, 0.05) is 77.4 Å². The minimum atomic E-state index is 0.0109. The van der Waals surface area contributed by atoms with E-state index < -0.39 is 0 Å². The molecule has 0 bridgehead atoms. The van der Waals surface area contributed by atoms with Crippen LogP contribution in [0, 0.1) is 5.41 Å². The van der Waals surface area contributed by atoms with Crippen molar-refractivity contribution in [2.45, 2.75) is 73.1 Å². The first-order valence-corrected chi connectivity index (χ1v) is 25.2. The SMILES string of the molecule is CC(C)(C)C1=CC(c2ccc(-c3ccncc3-c3cc(-c4cnccc4-c4ccc(-c5cc(C(C)(C)C)ccn5)cc4)cc(-c4cnccc4-c4ccc(-c5cc(C(C)(C)C)ccn5)cc4)c3)cc2)=NCC=C1. The Labute approximate surface area is 431 Å². The topological polar surface area (TPSA) is 76.8 Å². The van der Waals surface area contributed by atoms with Crippen molar-refractivity contribution < 1.29 is 0 Å². The normalized spacial score (nSPS) is 13.1. The first-order chi connectivity index (χ1) is 35.1. The van der Waals surface area contributed by atoms with E-state index in [2.05, 4.69) is 214 Å². The van der Waals surface area contributed by atoms with Gasteiger partial charge in [-0.15, -0.1) is 0 Å². The zero-order valence-electron chi connectivity index (χ0n) is 43.4. The van der Waals surface area contributed by atoms with Crippen LogP contribution in [0.15, 0.2) is 212 Å². The molecule has 6 heteroatoms. The number of aromatic nitrogens is 5. The molecule has 0 unspecified atom stereocenters. The lowest BCUT2D eigenvalue weighted by atomic mass is 9.85. The summed E-state index contributed by atoms with van der Waals surface area (Å²) in [6, 6.07) is 48.1. The van der Waals surface area contributed by atoms with Crippen molar-refractivity contribution in [1.82, 2.24) is 24.9 Å². The Kier molecular flexibility index (Phi) is 13.1. The molecule has 0 amide bonds. The highest BCUT2D eigenvalue weighted by Crippen LogP contribution is 2.42. The molecule has 6 nitrogen and oxygen atoms in total. The molecule has 10 rings (SSSR count). The van der Waals surface area contributed by atoms with Crippen molar-refractivity contribution in [2.24, 2.45) is 10.4 Å². The van der Waals surface area contributed by atoms with Crippen LogP contribution < -0.4 is 0 Å². The van der Waals surface area contributed by atoms with Crippen molar-refractivity contribution in [2.75, 3.05) is 6.54 Å². The summed E-state index contributed by atoms with van der Waals surface area (Å²) < 4.78 is 0. The number of allylic oxidation sites excluding steroid dienone is 3. The lowest BCUT2D eigenvalue weighted by Crippen LogP contribution is -2.11. The van der Waals surface area contributed by atoms with E-state index in [0.29, 0.717) is 6.54 Å². The minimum absolute atomic E-state index is 0.0109. The van der Waals surface area contributed by atoms with Gasteiger partial charge in [0.25, 0.3) is 0 Å². The summed E-state index contributed by atoms with van der Waals surface area (Å²) in [6.45, 7) is 20.8. The monoisotopic (exact) mass is 951 g/mol. The number of benzene rings is 4. The number of hydrogen-bond donors (Lipinski definition) is 0. The molecule has 0 saturated heterocycles. The summed E-state index contributed by atoms with van der Waals surface area (Å²) >= 11 is 0. The molecule has 0 saturated carbocycles. The highest BCUT2D eigenvalue weighted by atomic mass is 14.7. The molecule has 6 heterocycles. The van der Waals surface area contributed by atoms with E-state index >= 15 is 0 Å². The third-order valence-corrected chi connectivity index (χ3v) is 13.9. The van der Waals surface area contributed by atoms with Gasteiger partial charge in [-0.1, -0.05) is 147 Å². The van der Waals surface area contributed by atoms with Crippen LogP contribution >= 0.6 is 0 Å². The lowest BCUT2D eigenvalue weighted by molar-refractivity contribution is 0.518. The van der Waals surface area contributed by atoms with E-state index in [4.69, 9.17) is 29.9 Å². The van der Waals surface area contributed by atoms with Crippen molar-refractivity contribution in [3.63, 3.8) is 0 Å². The predicted molar refractivity (Wildman–Crippen MR) is 304 cm³/mol. The second-order valence-electron chi connectivity index (χ2n) is 22.1. The molecule has 0 aliphatic carbocycles. The van der Waals surface area contributed by atoms with E-state index in [1.807, 2.05) is 49.6 Å². The molecule has 1 aliphatic rings. The third-order valence-electron chi connectivity index (χ3n) is 13.9. The number of hydrogen-bond acceptors (Lipinski definition) is 6. The fourth-order valence-electron chi connectivity index (χ4n) is 9.51. The van der Waals surface area contributed by atoms with Gasteiger partial charge in [0.1, 0.15) is 0 Å². The number of pyridine rings is 5. The molecule has 0 N–H and O–H groups in total. The predicted octanol–water partition coefficient (Wildman–Crippen LogP) is 16.9. The summed E-state index contributed by atoms with van der Waals surface area (Å²) in [5.41, 5.74) is 22.6. The summed E-state index contributed by atoms with van der Waals surface area (Å²) in [4.78, 5) is 28.7. The van der Waals surface area contributed by atoms with Crippen molar-refractivity contribution in [3.8, 4) is 89.3 Å². The Morgan fingerprint density at radius 1 is 0.342 bits per heavy atom. The van der Waals surface area contributed by atoms with Gasteiger partial charge in [0.2, 0.25) is 0 Å². The standard InChI is InChI=1S/C67H62N6/c1-65(2,3)53-11-10-29-71-62(38-53)47-18-12-44(13-19-47)56-26-30-68-41-59(56)50-35-51(60-42-69-31-27-57(60)45-14-20-48(21-15-45)63-39-54(24-33-72-63)66(4,5)6)37-52(36-50)61-43-70-32-28-58(61)46-16-22-49(23-17-46)64-40-55(25-34-73-64)67(7,8)9/h10-28,30-43H,29H2,1-9H3. The Morgan fingerprint density at radius 3 is 1.08 bits per heavy atom. The average molecular weight is 951 g/mol. The minimum Gasteiger partial charge on any atom is -0.281 e. The Morgan fingerprint density at radius 2 is 0.712 bits per heavy atom. The van der Waals surface area contributed by atoms with Crippen molar-refractivity contribution in [3.05, 3.63) is 224 Å². The molecule has 5 aromatic heterocycles. The Hall–Kier alpha value is -8.22. The quantitative estimate of drug-likeness (QED) is 0.144. The maximum Gasteiger partial charge on any atom is 0.0704 e. The summed E-state index contributed by atoms with van der Waals surface area (Å²) in [5.74, 6) is 0. The first kappa shape index (κ1) is 48.4. The van der Waals surface area contributed by atoms with Crippen molar-refractivity contribution in [1.29, 1.82) is 0 Å². The molecule has 9 aromatic rings. The smallest absolute Gasteiger partial charge is 0.0704 e. The van der Waals surface area contributed by atoms with Crippen LogP contribution in [0.25, 0.3) is 89.3 Å². The maximum atomic E-state index is 4.95. The van der Waals surface area contributed by atoms with Crippen LogP contribution in [0.5, 0.6) is 0 Å². The summed E-state index contributed by atoms with van der Waals surface area (Å²) in [7, 11) is 0. The Bertz CT molecular complexity index is 3400. The second kappa shape index (κ2) is 19.8. The molecular formula is C67H62N6. The van der Waals surface area contributed by atoms with E-state index in [1.165, 1.54) is 16.7 Å². The van der Waals surface area contributed by atoms with Gasteiger partial charge in [-0.05, 0) is 155 Å². The summed E-state index contributed by atoms with van der Waals surface area (Å²) in [6.07, 6.45) is 22.0. The third kappa shape index (κ3) is 10.6. The van der Waals surface area contributed by atoms with Gasteiger partial charge in [-0.25, -0.2) is 0 Å². The summed E-state index contributed by atoms with van der Waals surface area (Å²) in [5, 5.41) is 0. The number of aliphatic imine (C=N–C) groups is 1. The molecular weight excluding hydrogens is 889 g/mol. The van der Waals surface area contributed by atoms with E-state index in [1.54, 1.807) is 0 Å². The van der Waals surface area contributed by atoms with Crippen LogP contribution in [0.3, 0.4) is 0 Å². The average Bonchev–Trinajstić information content (AvgIpc) is 3.68. The highest BCUT2D eigenvalue weighted by Gasteiger charge is 2.21. The zero-order chi connectivity index (χ0) is 50.9. The number of nitrogens with zero attached hydrogens (tertiary/aromatic N) is 6. The fourth-order valence-corrected chi connectivity index (χ4v) is 9.51. The zero-order valence-corrected chi connectivity index (χ0v) is 43.4. The molecule has 0 fully saturated rings. The van der Waals surface area contributed by atoms with Crippen LogP contribution in [0.4, 0.5) is 0 Å². The Balaban J connectivity index is 1.09. The van der Waals surface area contributed by atoms with Gasteiger partial charge in [0.15, 0.2) is 0 Å². The molecule has 0 atom stereocenters. The van der Waals surface area contributed by atoms with Crippen molar-refractivity contribution >= 4 is 5.71 Å². The molecule has 1 aliphatic heterocycles. The van der Waals surface area contributed by atoms with Crippen LogP contribution in [-0.4, -0.2) is 37.2 Å². The van der Waals surface area contributed by atoms with Crippen LogP contribution in [-0.2, 0) is 10.8 Å². The molecule has 360 valence electrons. The van der Waals surface area contributed by atoms with E-state index in [-0.39, 0.29) is 16.2 Å². The van der Waals surface area contributed by atoms with E-state index in [0.717, 1.165) is 101 Å². The van der Waals surface area contributed by atoms with Gasteiger partial charge in [-0.2, -0.15) is 0 Å². The van der Waals surface area contributed by atoms with Gasteiger partial charge < -0.3 is 0 Å². The van der Waals surface area contributed by atoms with Gasteiger partial charge in [0.05, 0.1) is 23.6 Å². The highest BCUT2D eigenvalue weighted by molar-refractivity contribution is 6.10. The lowest BCUT2D eigenvalue weighted by Gasteiger charge is -2.20. The van der Waals surface area contributed by atoms with Crippen LogP contribution in [0.2, 0.25) is 0 Å². The molecule has 73 heavy (non-hydrogen) atoms.